The highest BCUT2D eigenvalue weighted by molar-refractivity contribution is 5.95. The fourth-order valence-corrected chi connectivity index (χ4v) is 2.43. The molecular weight excluding hydrogens is 319 g/mol. The summed E-state index contributed by atoms with van der Waals surface area (Å²) in [5.41, 5.74) is 0.844. The minimum atomic E-state index is -2.75. The van der Waals surface area contributed by atoms with Crippen molar-refractivity contribution in [2.45, 2.75) is 26.2 Å². The molecule has 3 rings (SSSR count). The number of aryl methyl sites for hydroxylation is 1. The maximum absolute atomic E-state index is 14.1. The maximum Gasteiger partial charge on any atom is 0.280 e. The minimum Gasteiger partial charge on any atom is -0.304 e. The van der Waals surface area contributed by atoms with Gasteiger partial charge in [0.1, 0.15) is 11.4 Å². The number of nitrogens with zero attached hydrogens (tertiary/aromatic N) is 3. The first-order valence-electron chi connectivity index (χ1n) is 7.42. The largest absolute Gasteiger partial charge is 0.304 e. The summed E-state index contributed by atoms with van der Waals surface area (Å²) in [4.78, 5) is 20.0. The Morgan fingerprint density at radius 3 is 2.75 bits per heavy atom. The molecule has 0 radical (unpaired) electrons. The van der Waals surface area contributed by atoms with Crippen LogP contribution in [0, 0.1) is 5.82 Å². The standard InChI is InChI=1S/C17H14F3N3O/c1-2-11-9-23-8-10(6-12(18)17(23)21-11)7-15(24)13-4-3-5-14(22-13)16(19)20/h3-6,8-9,16H,2,7H2,1H3. The second kappa shape index (κ2) is 6.43. The summed E-state index contributed by atoms with van der Waals surface area (Å²) < 4.78 is 41.0. The molecule has 0 saturated carbocycles. The number of hydrogen-bond donors (Lipinski definition) is 0. The van der Waals surface area contributed by atoms with Crippen molar-refractivity contribution in [2.75, 3.05) is 0 Å². The molecule has 0 aliphatic carbocycles. The first-order chi connectivity index (χ1) is 11.5. The van der Waals surface area contributed by atoms with Gasteiger partial charge in [-0.15, -0.1) is 0 Å². The van der Waals surface area contributed by atoms with Crippen LogP contribution in [0.4, 0.5) is 13.2 Å². The smallest absolute Gasteiger partial charge is 0.280 e. The van der Waals surface area contributed by atoms with Crippen LogP contribution in [0.2, 0.25) is 0 Å². The molecule has 0 unspecified atom stereocenters. The average Bonchev–Trinajstić information content (AvgIpc) is 2.98. The van der Waals surface area contributed by atoms with Crippen molar-refractivity contribution in [2.24, 2.45) is 0 Å². The Kier molecular flexibility index (Phi) is 4.33. The van der Waals surface area contributed by atoms with Crippen LogP contribution in [0.3, 0.4) is 0 Å². The lowest BCUT2D eigenvalue weighted by molar-refractivity contribution is 0.0986. The topological polar surface area (TPSA) is 47.3 Å². The molecule has 0 atom stereocenters. The number of fused-ring (bicyclic) bond motifs is 1. The zero-order valence-corrected chi connectivity index (χ0v) is 12.8. The number of carbonyl (C=O) groups excluding carboxylic acids is 1. The molecular formula is C17H14F3N3O. The van der Waals surface area contributed by atoms with Crippen LogP contribution in [0.15, 0.2) is 36.7 Å². The number of rotatable bonds is 5. The van der Waals surface area contributed by atoms with Crippen molar-refractivity contribution < 1.29 is 18.0 Å². The van der Waals surface area contributed by atoms with E-state index in [2.05, 4.69) is 9.97 Å². The molecule has 124 valence electrons. The van der Waals surface area contributed by atoms with E-state index in [1.807, 2.05) is 6.92 Å². The molecule has 4 nitrogen and oxygen atoms in total. The van der Waals surface area contributed by atoms with Gasteiger partial charge in [0.05, 0.1) is 5.69 Å². The van der Waals surface area contributed by atoms with Gasteiger partial charge in [0.2, 0.25) is 0 Å². The molecule has 3 heterocycles. The van der Waals surface area contributed by atoms with E-state index in [4.69, 9.17) is 0 Å². The third-order valence-electron chi connectivity index (χ3n) is 3.62. The molecule has 3 aromatic rings. The Balaban J connectivity index is 1.89. The van der Waals surface area contributed by atoms with Crippen LogP contribution >= 0.6 is 0 Å². The number of Topliss-reactive ketones (excluding diaryl/α,β-unsaturated/α-hetero) is 1. The predicted octanol–water partition coefficient (Wildman–Crippen LogP) is 3.79. The number of alkyl halides is 2. The molecule has 0 aromatic carbocycles. The van der Waals surface area contributed by atoms with Gasteiger partial charge in [0, 0.05) is 18.8 Å². The Bertz CT molecular complexity index is 905. The summed E-state index contributed by atoms with van der Waals surface area (Å²) in [7, 11) is 0. The minimum absolute atomic E-state index is 0.0619. The van der Waals surface area contributed by atoms with Crippen LogP contribution in [0.25, 0.3) is 5.65 Å². The summed E-state index contributed by atoms with van der Waals surface area (Å²) in [5, 5.41) is 0. The van der Waals surface area contributed by atoms with Crippen LogP contribution in [0.5, 0.6) is 0 Å². The van der Waals surface area contributed by atoms with Gasteiger partial charge in [-0.1, -0.05) is 13.0 Å². The van der Waals surface area contributed by atoms with Crippen molar-refractivity contribution in [3.8, 4) is 0 Å². The van der Waals surface area contributed by atoms with Crippen LogP contribution in [0.1, 0.15) is 40.8 Å². The van der Waals surface area contributed by atoms with Crippen molar-refractivity contribution in [3.05, 3.63) is 65.1 Å². The van der Waals surface area contributed by atoms with E-state index >= 15 is 0 Å². The Morgan fingerprint density at radius 1 is 1.25 bits per heavy atom. The third-order valence-corrected chi connectivity index (χ3v) is 3.62. The van der Waals surface area contributed by atoms with E-state index in [-0.39, 0.29) is 17.8 Å². The number of aromatic nitrogens is 3. The zero-order chi connectivity index (χ0) is 17.3. The Hall–Kier alpha value is -2.70. The molecule has 0 amide bonds. The number of pyridine rings is 2. The van der Waals surface area contributed by atoms with Gasteiger partial charge in [0.25, 0.3) is 6.43 Å². The highest BCUT2D eigenvalue weighted by Crippen LogP contribution is 2.18. The Labute approximate surface area is 136 Å². The lowest BCUT2D eigenvalue weighted by atomic mass is 10.1. The fourth-order valence-electron chi connectivity index (χ4n) is 2.43. The van der Waals surface area contributed by atoms with Crippen molar-refractivity contribution in [1.29, 1.82) is 0 Å². The summed E-state index contributed by atoms with van der Waals surface area (Å²) >= 11 is 0. The van der Waals surface area contributed by atoms with Crippen molar-refractivity contribution in [3.63, 3.8) is 0 Å². The fraction of sp³-hybridized carbons (Fsp3) is 0.235. The van der Waals surface area contributed by atoms with Gasteiger partial charge in [-0.05, 0) is 30.2 Å². The van der Waals surface area contributed by atoms with Crippen LogP contribution in [-0.4, -0.2) is 20.2 Å². The molecule has 0 N–H and O–H groups in total. The summed E-state index contributed by atoms with van der Waals surface area (Å²) in [5.74, 6) is -0.985. The normalized spacial score (nSPS) is 11.4. The van der Waals surface area contributed by atoms with Gasteiger partial charge in [0.15, 0.2) is 17.2 Å². The highest BCUT2D eigenvalue weighted by atomic mass is 19.3. The SMILES string of the molecule is CCc1cn2cc(CC(=O)c3cccc(C(F)F)n3)cc(F)c2n1. The highest BCUT2D eigenvalue weighted by Gasteiger charge is 2.15. The van der Waals surface area contributed by atoms with Crippen LogP contribution < -0.4 is 0 Å². The predicted molar refractivity (Wildman–Crippen MR) is 81.8 cm³/mol. The molecule has 3 aromatic heterocycles. The first-order valence-corrected chi connectivity index (χ1v) is 7.42. The van der Waals surface area contributed by atoms with E-state index in [9.17, 15) is 18.0 Å². The quantitative estimate of drug-likeness (QED) is 0.667. The van der Waals surface area contributed by atoms with Gasteiger partial charge < -0.3 is 4.40 Å². The number of carbonyl (C=O) groups is 1. The zero-order valence-electron chi connectivity index (χ0n) is 12.8. The summed E-state index contributed by atoms with van der Waals surface area (Å²) in [6, 6.07) is 5.12. The molecule has 0 aliphatic rings. The number of ketones is 1. The number of imidazole rings is 1. The van der Waals surface area contributed by atoms with Crippen molar-refractivity contribution >= 4 is 11.4 Å². The average molecular weight is 333 g/mol. The maximum atomic E-state index is 14.1. The van der Waals surface area contributed by atoms with Gasteiger partial charge in [-0.3, -0.25) is 4.79 Å². The van der Waals surface area contributed by atoms with E-state index in [1.54, 1.807) is 12.4 Å². The molecule has 0 spiro atoms. The first kappa shape index (κ1) is 16.2. The second-order valence-electron chi connectivity index (χ2n) is 5.36. The molecule has 7 heteroatoms. The van der Waals surface area contributed by atoms with E-state index in [1.165, 1.54) is 22.6 Å². The van der Waals surface area contributed by atoms with Gasteiger partial charge in [-0.2, -0.15) is 0 Å². The molecule has 0 saturated heterocycles. The van der Waals surface area contributed by atoms with Gasteiger partial charge >= 0.3 is 0 Å². The Morgan fingerprint density at radius 2 is 2.04 bits per heavy atom. The lowest BCUT2D eigenvalue weighted by Crippen LogP contribution is -2.08. The van der Waals surface area contributed by atoms with Crippen LogP contribution in [-0.2, 0) is 12.8 Å². The van der Waals surface area contributed by atoms with E-state index < -0.39 is 23.7 Å². The molecule has 0 bridgehead atoms. The summed E-state index contributed by atoms with van der Waals surface area (Å²) in [6.45, 7) is 1.91. The van der Waals surface area contributed by atoms with E-state index in [0.29, 0.717) is 12.0 Å². The summed E-state index contributed by atoms with van der Waals surface area (Å²) in [6.07, 6.45) is 1.10. The molecule has 24 heavy (non-hydrogen) atoms. The monoisotopic (exact) mass is 333 g/mol. The van der Waals surface area contributed by atoms with Crippen molar-refractivity contribution in [1.82, 2.24) is 14.4 Å². The molecule has 0 aliphatic heterocycles. The van der Waals surface area contributed by atoms with Gasteiger partial charge in [-0.25, -0.2) is 23.1 Å². The third kappa shape index (κ3) is 3.15. The van der Waals surface area contributed by atoms with E-state index in [0.717, 1.165) is 11.8 Å². The number of halogens is 3. The second-order valence-corrected chi connectivity index (χ2v) is 5.36. The number of hydrogen-bond acceptors (Lipinski definition) is 3. The molecule has 0 fully saturated rings. The lowest BCUT2D eigenvalue weighted by Gasteiger charge is -2.05.